The Labute approximate surface area is 183 Å². The van der Waals surface area contributed by atoms with Gasteiger partial charge in [-0.25, -0.2) is 4.99 Å². The Kier molecular flexibility index (Phi) is 6.55. The van der Waals surface area contributed by atoms with Crippen molar-refractivity contribution in [3.8, 4) is 0 Å². The maximum absolute atomic E-state index is 12.7. The first-order valence-electron chi connectivity index (χ1n) is 11.0. The number of likely N-dealkylation sites (tertiary alicyclic amines) is 1. The van der Waals surface area contributed by atoms with Crippen molar-refractivity contribution >= 4 is 5.96 Å². The van der Waals surface area contributed by atoms with Crippen LogP contribution in [-0.2, 0) is 14.2 Å². The van der Waals surface area contributed by atoms with Crippen molar-refractivity contribution in [3.05, 3.63) is 36.4 Å². The quantitative estimate of drug-likeness (QED) is 0.185. The van der Waals surface area contributed by atoms with Crippen molar-refractivity contribution in [2.45, 2.75) is 37.7 Å². The first-order chi connectivity index (χ1) is 15.0. The fourth-order valence-corrected chi connectivity index (χ4v) is 4.42. The van der Waals surface area contributed by atoms with Gasteiger partial charge in [0, 0.05) is 43.9 Å². The Bertz CT molecular complexity index is 768. The summed E-state index contributed by atoms with van der Waals surface area (Å²) in [4.78, 5) is 8.55. The standard InChI is InChI=1S/C22H34FN5O3/c1-3-16(29-14-15(11-23)12-24)13-26-21(25)28-7-4-17(5-8-28)30-18-10-22(18)6-9-27(2)20-19(22)31-20/h3-4,13,15,18-20H,1,5-12,14,24H2,2H3,(H2,25,26)/b16-13+/t15?,18-,19?,20?,22-/m0/s1. The van der Waals surface area contributed by atoms with Crippen LogP contribution in [0.15, 0.2) is 41.4 Å². The molecule has 31 heavy (non-hydrogen) atoms. The molecule has 4 N–H and O–H groups in total. The lowest BCUT2D eigenvalue weighted by Crippen LogP contribution is -2.40. The third-order valence-corrected chi connectivity index (χ3v) is 6.79. The summed E-state index contributed by atoms with van der Waals surface area (Å²) < 4.78 is 30.4. The predicted molar refractivity (Wildman–Crippen MR) is 116 cm³/mol. The van der Waals surface area contributed by atoms with E-state index in [9.17, 15) is 4.39 Å². The van der Waals surface area contributed by atoms with E-state index in [2.05, 4.69) is 29.6 Å². The van der Waals surface area contributed by atoms with Crippen LogP contribution < -0.4 is 11.5 Å². The van der Waals surface area contributed by atoms with Gasteiger partial charge in [0.15, 0.2) is 5.96 Å². The highest BCUT2D eigenvalue weighted by atomic mass is 19.1. The molecule has 2 saturated heterocycles. The van der Waals surface area contributed by atoms with E-state index in [-0.39, 0.29) is 30.6 Å². The maximum atomic E-state index is 12.7. The van der Waals surface area contributed by atoms with Crippen LogP contribution in [0.4, 0.5) is 4.39 Å². The van der Waals surface area contributed by atoms with Crippen LogP contribution in [0.1, 0.15) is 19.3 Å². The van der Waals surface area contributed by atoms with Gasteiger partial charge in [-0.2, -0.15) is 0 Å². The van der Waals surface area contributed by atoms with Crippen molar-refractivity contribution in [2.75, 3.05) is 46.5 Å². The van der Waals surface area contributed by atoms with Gasteiger partial charge in [-0.05, 0) is 32.0 Å². The summed E-state index contributed by atoms with van der Waals surface area (Å²) >= 11 is 0. The monoisotopic (exact) mass is 435 g/mol. The molecule has 3 fully saturated rings. The summed E-state index contributed by atoms with van der Waals surface area (Å²) in [7, 11) is 2.13. The number of hydrogen-bond acceptors (Lipinski definition) is 6. The highest BCUT2D eigenvalue weighted by Crippen LogP contribution is 2.63. The summed E-state index contributed by atoms with van der Waals surface area (Å²) in [5, 5.41) is 0. The Morgan fingerprint density at radius 1 is 1.52 bits per heavy atom. The van der Waals surface area contributed by atoms with Crippen LogP contribution in [0.2, 0.25) is 0 Å². The molecule has 0 bridgehead atoms. The number of fused-ring (bicyclic) bond motifs is 2. The van der Waals surface area contributed by atoms with E-state index >= 15 is 0 Å². The highest BCUT2D eigenvalue weighted by molar-refractivity contribution is 5.79. The number of likely N-dealkylation sites (N-methyl/N-ethyl adjacent to an activating group) is 1. The first kappa shape index (κ1) is 22.1. The molecule has 3 heterocycles. The van der Waals surface area contributed by atoms with E-state index in [1.807, 2.05) is 4.90 Å². The molecule has 0 amide bonds. The highest BCUT2D eigenvalue weighted by Gasteiger charge is 2.72. The fourth-order valence-electron chi connectivity index (χ4n) is 4.42. The Morgan fingerprint density at radius 2 is 2.35 bits per heavy atom. The van der Waals surface area contributed by atoms with E-state index in [1.165, 1.54) is 12.3 Å². The molecule has 1 aliphatic carbocycles. The normalized spacial score (nSPS) is 34.1. The SMILES string of the molecule is C=C/C(=C\N=C(N)N1CC=C(O[C@H]2C[C@@]23CCN(C)C2OC23)CC1)OCC(CN)CF. The third-order valence-electron chi connectivity index (χ3n) is 6.79. The maximum Gasteiger partial charge on any atom is 0.196 e. The van der Waals surface area contributed by atoms with Crippen LogP contribution in [0, 0.1) is 11.3 Å². The van der Waals surface area contributed by atoms with Gasteiger partial charge in [-0.1, -0.05) is 6.58 Å². The minimum absolute atomic E-state index is 0.180. The molecule has 8 nitrogen and oxygen atoms in total. The zero-order chi connectivity index (χ0) is 22.0. The molecule has 0 aromatic rings. The molecule has 9 heteroatoms. The number of nitrogens with two attached hydrogens (primary N) is 2. The van der Waals surface area contributed by atoms with Gasteiger partial charge in [-0.15, -0.1) is 0 Å². The average molecular weight is 436 g/mol. The molecule has 3 aliphatic heterocycles. The molecule has 0 radical (unpaired) electrons. The Balaban J connectivity index is 1.25. The summed E-state index contributed by atoms with van der Waals surface area (Å²) in [6, 6.07) is 0. The van der Waals surface area contributed by atoms with E-state index in [0.29, 0.717) is 30.6 Å². The third kappa shape index (κ3) is 4.73. The number of allylic oxidation sites excluding steroid dienone is 1. The van der Waals surface area contributed by atoms with Crippen LogP contribution in [0.3, 0.4) is 0 Å². The second-order valence-corrected chi connectivity index (χ2v) is 8.88. The lowest BCUT2D eigenvalue weighted by atomic mass is 9.93. The van der Waals surface area contributed by atoms with Crippen molar-refractivity contribution in [1.29, 1.82) is 0 Å². The summed E-state index contributed by atoms with van der Waals surface area (Å²) in [6.45, 7) is 6.03. The fraction of sp³-hybridized carbons (Fsp3) is 0.682. The number of alkyl halides is 1. The van der Waals surface area contributed by atoms with Gasteiger partial charge < -0.3 is 30.6 Å². The molecule has 4 rings (SSSR count). The van der Waals surface area contributed by atoms with Gasteiger partial charge in [-0.3, -0.25) is 9.29 Å². The molecular weight excluding hydrogens is 401 g/mol. The Morgan fingerprint density at radius 3 is 3.03 bits per heavy atom. The van der Waals surface area contributed by atoms with Crippen LogP contribution in [0.25, 0.3) is 0 Å². The molecule has 0 aromatic carbocycles. The predicted octanol–water partition coefficient (Wildman–Crippen LogP) is 1.31. The number of rotatable bonds is 9. The van der Waals surface area contributed by atoms with Crippen LogP contribution >= 0.6 is 0 Å². The van der Waals surface area contributed by atoms with Gasteiger partial charge in [0.05, 0.1) is 25.2 Å². The molecule has 1 saturated carbocycles. The molecule has 3 unspecified atom stereocenters. The van der Waals surface area contributed by atoms with E-state index < -0.39 is 6.67 Å². The van der Waals surface area contributed by atoms with Crippen LogP contribution in [0.5, 0.6) is 0 Å². The lowest BCUT2D eigenvalue weighted by molar-refractivity contribution is 0.112. The van der Waals surface area contributed by atoms with Crippen molar-refractivity contribution < 1.29 is 18.6 Å². The molecule has 172 valence electrons. The van der Waals surface area contributed by atoms with Gasteiger partial charge in [0.25, 0.3) is 0 Å². The Hall–Kier alpha value is -2.10. The molecule has 4 aliphatic rings. The van der Waals surface area contributed by atoms with Gasteiger partial charge in [0.2, 0.25) is 0 Å². The topological polar surface area (TPSA) is 102 Å². The van der Waals surface area contributed by atoms with Gasteiger partial charge >= 0.3 is 0 Å². The molecule has 1 spiro atoms. The average Bonchev–Trinajstić information content (AvgIpc) is 3.70. The number of hydrogen-bond donors (Lipinski definition) is 2. The zero-order valence-electron chi connectivity index (χ0n) is 18.2. The zero-order valence-corrected chi connectivity index (χ0v) is 18.2. The number of ether oxygens (including phenoxy) is 3. The molecular formula is C22H34FN5O3. The van der Waals surface area contributed by atoms with E-state index in [4.69, 9.17) is 25.7 Å². The minimum atomic E-state index is -0.524. The number of aliphatic imine (C=N–C) groups is 1. The number of guanidine groups is 1. The van der Waals surface area contributed by atoms with Crippen LogP contribution in [-0.4, -0.2) is 80.7 Å². The van der Waals surface area contributed by atoms with E-state index in [0.717, 1.165) is 38.1 Å². The molecule has 0 aromatic heterocycles. The number of epoxide rings is 1. The van der Waals surface area contributed by atoms with Crippen molar-refractivity contribution in [1.82, 2.24) is 9.80 Å². The second kappa shape index (κ2) is 9.18. The van der Waals surface area contributed by atoms with Gasteiger partial charge in [0.1, 0.15) is 24.2 Å². The summed E-state index contributed by atoms with van der Waals surface area (Å²) in [5.41, 5.74) is 11.9. The van der Waals surface area contributed by atoms with E-state index in [1.54, 1.807) is 0 Å². The summed E-state index contributed by atoms with van der Waals surface area (Å²) in [5.74, 6) is 1.52. The minimum Gasteiger partial charge on any atom is -0.494 e. The van der Waals surface area contributed by atoms with Crippen molar-refractivity contribution in [3.63, 3.8) is 0 Å². The number of halogens is 1. The summed E-state index contributed by atoms with van der Waals surface area (Å²) in [6.07, 6.45) is 9.05. The number of piperidine rings is 1. The largest absolute Gasteiger partial charge is 0.494 e. The number of nitrogens with zero attached hydrogens (tertiary/aromatic N) is 3. The van der Waals surface area contributed by atoms with Crippen molar-refractivity contribution in [2.24, 2.45) is 27.8 Å². The first-order valence-corrected chi connectivity index (χ1v) is 11.0. The molecule has 5 atom stereocenters. The lowest BCUT2D eigenvalue weighted by Gasteiger charge is -2.28. The smallest absolute Gasteiger partial charge is 0.196 e. The second-order valence-electron chi connectivity index (χ2n) is 8.88.